The van der Waals surface area contributed by atoms with Crippen molar-refractivity contribution in [3.63, 3.8) is 0 Å². The lowest BCUT2D eigenvalue weighted by Crippen LogP contribution is -2.18. The highest BCUT2D eigenvalue weighted by molar-refractivity contribution is 5.96. The smallest absolute Gasteiger partial charge is 0.254 e. The van der Waals surface area contributed by atoms with Crippen LogP contribution in [0, 0.1) is 0 Å². The van der Waals surface area contributed by atoms with Crippen LogP contribution in [0.1, 0.15) is 22.8 Å². The molecule has 0 aliphatic rings. The molecule has 0 spiro atoms. The van der Waals surface area contributed by atoms with Crippen molar-refractivity contribution in [1.82, 2.24) is 5.32 Å². The number of hydrogen-bond donors (Lipinski definition) is 1. The summed E-state index contributed by atoms with van der Waals surface area (Å²) in [5, 5.41) is 2.59. The standard InChI is InChI=1S/C11H15NO2/c1-4-8-5-6-10(14-3)9(7-8)11(13)12-2/h5-7H,4H2,1-3H3,(H,12,13). The number of carbonyl (C=O) groups is 1. The fourth-order valence-electron chi connectivity index (χ4n) is 1.29. The zero-order valence-corrected chi connectivity index (χ0v) is 8.76. The van der Waals surface area contributed by atoms with E-state index in [1.54, 1.807) is 14.2 Å². The van der Waals surface area contributed by atoms with E-state index in [2.05, 4.69) is 12.2 Å². The number of carbonyl (C=O) groups excluding carboxylic acids is 1. The van der Waals surface area contributed by atoms with Crippen LogP contribution in [-0.2, 0) is 6.42 Å². The molecule has 0 saturated heterocycles. The molecule has 0 atom stereocenters. The Labute approximate surface area is 84.1 Å². The van der Waals surface area contributed by atoms with Crippen molar-refractivity contribution in [3.05, 3.63) is 29.3 Å². The number of ether oxygens (including phenoxy) is 1. The molecule has 1 aromatic rings. The number of nitrogens with one attached hydrogen (secondary N) is 1. The first-order valence-corrected chi connectivity index (χ1v) is 4.62. The molecule has 0 aliphatic heterocycles. The van der Waals surface area contributed by atoms with E-state index in [0.717, 1.165) is 12.0 Å². The summed E-state index contributed by atoms with van der Waals surface area (Å²) in [5.41, 5.74) is 1.72. The maximum atomic E-state index is 11.5. The molecule has 0 aliphatic carbocycles. The van der Waals surface area contributed by atoms with E-state index in [4.69, 9.17) is 4.74 Å². The fourth-order valence-corrected chi connectivity index (χ4v) is 1.29. The van der Waals surface area contributed by atoms with Gasteiger partial charge in [0.1, 0.15) is 5.75 Å². The molecule has 0 heterocycles. The number of rotatable bonds is 3. The summed E-state index contributed by atoms with van der Waals surface area (Å²) in [6.07, 6.45) is 0.911. The molecule has 0 saturated carbocycles. The third-order valence-corrected chi connectivity index (χ3v) is 2.14. The average Bonchev–Trinajstić information content (AvgIpc) is 2.27. The molecule has 1 amide bonds. The Morgan fingerprint density at radius 3 is 2.71 bits per heavy atom. The molecule has 1 N–H and O–H groups in total. The molecule has 0 radical (unpaired) electrons. The zero-order valence-electron chi connectivity index (χ0n) is 8.76. The minimum absolute atomic E-state index is 0.114. The lowest BCUT2D eigenvalue weighted by atomic mass is 10.1. The van der Waals surface area contributed by atoms with Gasteiger partial charge in [-0.1, -0.05) is 13.0 Å². The Bertz CT molecular complexity index is 334. The van der Waals surface area contributed by atoms with Crippen molar-refractivity contribution in [3.8, 4) is 5.75 Å². The predicted octanol–water partition coefficient (Wildman–Crippen LogP) is 1.62. The lowest BCUT2D eigenvalue weighted by Gasteiger charge is -2.08. The highest BCUT2D eigenvalue weighted by atomic mass is 16.5. The van der Waals surface area contributed by atoms with Gasteiger partial charge >= 0.3 is 0 Å². The van der Waals surface area contributed by atoms with Gasteiger partial charge < -0.3 is 10.1 Å². The van der Waals surface area contributed by atoms with Gasteiger partial charge in [0.15, 0.2) is 0 Å². The first kappa shape index (κ1) is 10.6. The normalized spacial score (nSPS) is 9.64. The fraction of sp³-hybridized carbons (Fsp3) is 0.364. The Hall–Kier alpha value is -1.51. The van der Waals surface area contributed by atoms with Crippen molar-refractivity contribution < 1.29 is 9.53 Å². The summed E-state index contributed by atoms with van der Waals surface area (Å²) in [7, 11) is 3.17. The van der Waals surface area contributed by atoms with Crippen LogP contribution in [0.5, 0.6) is 5.75 Å². The Morgan fingerprint density at radius 1 is 1.50 bits per heavy atom. The van der Waals surface area contributed by atoms with E-state index >= 15 is 0 Å². The maximum absolute atomic E-state index is 11.5. The molecular formula is C11H15NO2. The van der Waals surface area contributed by atoms with Crippen molar-refractivity contribution in [2.75, 3.05) is 14.2 Å². The van der Waals surface area contributed by atoms with Gasteiger partial charge in [-0.05, 0) is 24.1 Å². The molecule has 0 fully saturated rings. The van der Waals surface area contributed by atoms with Crippen LogP contribution >= 0.6 is 0 Å². The van der Waals surface area contributed by atoms with Crippen LogP contribution in [0.2, 0.25) is 0 Å². The van der Waals surface area contributed by atoms with E-state index in [1.165, 1.54) is 0 Å². The molecule has 1 aromatic carbocycles. The summed E-state index contributed by atoms with van der Waals surface area (Å²) in [4.78, 5) is 11.5. The Kier molecular flexibility index (Phi) is 3.51. The third-order valence-electron chi connectivity index (χ3n) is 2.14. The topological polar surface area (TPSA) is 38.3 Å². The Balaban J connectivity index is 3.14. The summed E-state index contributed by atoms with van der Waals surface area (Å²) < 4.78 is 5.11. The minimum Gasteiger partial charge on any atom is -0.496 e. The van der Waals surface area contributed by atoms with E-state index in [1.807, 2.05) is 18.2 Å². The molecule has 1 rings (SSSR count). The molecule has 3 heteroatoms. The van der Waals surface area contributed by atoms with Gasteiger partial charge in [-0.15, -0.1) is 0 Å². The van der Waals surface area contributed by atoms with Crippen LogP contribution in [0.4, 0.5) is 0 Å². The molecule has 3 nitrogen and oxygen atoms in total. The van der Waals surface area contributed by atoms with Crippen LogP contribution in [0.15, 0.2) is 18.2 Å². The first-order chi connectivity index (χ1) is 6.72. The molecule has 0 bridgehead atoms. The van der Waals surface area contributed by atoms with Crippen molar-refractivity contribution in [2.24, 2.45) is 0 Å². The molecular weight excluding hydrogens is 178 g/mol. The highest BCUT2D eigenvalue weighted by Crippen LogP contribution is 2.19. The molecule has 76 valence electrons. The van der Waals surface area contributed by atoms with Crippen LogP contribution in [0.25, 0.3) is 0 Å². The van der Waals surface area contributed by atoms with Crippen LogP contribution < -0.4 is 10.1 Å². The number of methoxy groups -OCH3 is 1. The number of amides is 1. The number of aryl methyl sites for hydroxylation is 1. The number of hydrogen-bond acceptors (Lipinski definition) is 2. The SMILES string of the molecule is CCc1ccc(OC)c(C(=O)NC)c1. The van der Waals surface area contributed by atoms with Crippen LogP contribution in [-0.4, -0.2) is 20.1 Å². The second-order valence-electron chi connectivity index (χ2n) is 2.97. The molecule has 14 heavy (non-hydrogen) atoms. The molecule has 0 unspecified atom stereocenters. The van der Waals surface area contributed by atoms with Gasteiger partial charge in [0.05, 0.1) is 12.7 Å². The van der Waals surface area contributed by atoms with E-state index in [-0.39, 0.29) is 5.91 Å². The van der Waals surface area contributed by atoms with Gasteiger partial charge in [0, 0.05) is 7.05 Å². The average molecular weight is 193 g/mol. The third kappa shape index (κ3) is 2.05. The van der Waals surface area contributed by atoms with Gasteiger partial charge in [0.2, 0.25) is 0 Å². The van der Waals surface area contributed by atoms with Gasteiger partial charge in [0.25, 0.3) is 5.91 Å². The van der Waals surface area contributed by atoms with E-state index in [0.29, 0.717) is 11.3 Å². The maximum Gasteiger partial charge on any atom is 0.254 e. The van der Waals surface area contributed by atoms with E-state index < -0.39 is 0 Å². The monoisotopic (exact) mass is 193 g/mol. The zero-order chi connectivity index (χ0) is 10.6. The second-order valence-corrected chi connectivity index (χ2v) is 2.97. The Morgan fingerprint density at radius 2 is 2.21 bits per heavy atom. The van der Waals surface area contributed by atoms with Gasteiger partial charge in [-0.2, -0.15) is 0 Å². The predicted molar refractivity (Wildman–Crippen MR) is 55.8 cm³/mol. The first-order valence-electron chi connectivity index (χ1n) is 4.62. The van der Waals surface area contributed by atoms with E-state index in [9.17, 15) is 4.79 Å². The summed E-state index contributed by atoms with van der Waals surface area (Å²) in [6, 6.07) is 5.65. The quantitative estimate of drug-likeness (QED) is 0.792. The van der Waals surface area contributed by atoms with Crippen molar-refractivity contribution >= 4 is 5.91 Å². The second kappa shape index (κ2) is 4.65. The van der Waals surface area contributed by atoms with Gasteiger partial charge in [-0.25, -0.2) is 0 Å². The largest absolute Gasteiger partial charge is 0.496 e. The lowest BCUT2D eigenvalue weighted by molar-refractivity contribution is 0.0960. The van der Waals surface area contributed by atoms with Crippen molar-refractivity contribution in [1.29, 1.82) is 0 Å². The van der Waals surface area contributed by atoms with Gasteiger partial charge in [-0.3, -0.25) is 4.79 Å². The van der Waals surface area contributed by atoms with Crippen molar-refractivity contribution in [2.45, 2.75) is 13.3 Å². The van der Waals surface area contributed by atoms with Crippen LogP contribution in [0.3, 0.4) is 0 Å². The highest BCUT2D eigenvalue weighted by Gasteiger charge is 2.10. The minimum atomic E-state index is -0.114. The summed E-state index contributed by atoms with van der Waals surface area (Å²) >= 11 is 0. The summed E-state index contributed by atoms with van der Waals surface area (Å²) in [6.45, 7) is 2.05. The molecule has 0 aromatic heterocycles. The summed E-state index contributed by atoms with van der Waals surface area (Å²) in [5.74, 6) is 0.499. The number of benzene rings is 1.